The lowest BCUT2D eigenvalue weighted by Gasteiger charge is -2.42. The highest BCUT2D eigenvalue weighted by molar-refractivity contribution is 5.48. The van der Waals surface area contributed by atoms with E-state index in [0.717, 1.165) is 6.07 Å². The van der Waals surface area contributed by atoms with Gasteiger partial charge in [-0.25, -0.2) is 0 Å². The molecule has 1 aromatic rings. The summed E-state index contributed by atoms with van der Waals surface area (Å²) in [4.78, 5) is 0. The van der Waals surface area contributed by atoms with Crippen molar-refractivity contribution in [1.29, 1.82) is 0 Å². The van der Waals surface area contributed by atoms with Gasteiger partial charge < -0.3 is 18.9 Å². The van der Waals surface area contributed by atoms with Gasteiger partial charge in [-0.15, -0.1) is 6.42 Å². The molecular formula is C18H20F4O4. The summed E-state index contributed by atoms with van der Waals surface area (Å²) in [5.74, 6) is 1.01. The third-order valence-corrected chi connectivity index (χ3v) is 4.81. The first-order valence-electron chi connectivity index (χ1n) is 7.92. The summed E-state index contributed by atoms with van der Waals surface area (Å²) in [5.41, 5.74) is -0.262. The van der Waals surface area contributed by atoms with Gasteiger partial charge in [0.1, 0.15) is 0 Å². The summed E-state index contributed by atoms with van der Waals surface area (Å²) < 4.78 is 69.7. The molecule has 0 aliphatic heterocycles. The molecule has 26 heavy (non-hydrogen) atoms. The molecule has 1 aliphatic carbocycles. The largest absolute Gasteiger partial charge is 0.431 e. The van der Waals surface area contributed by atoms with Crippen molar-refractivity contribution in [2.45, 2.75) is 50.1 Å². The summed E-state index contributed by atoms with van der Waals surface area (Å²) in [5, 5.41) is 0. The molecule has 8 heteroatoms. The van der Waals surface area contributed by atoms with E-state index in [4.69, 9.17) is 15.9 Å². The zero-order valence-corrected chi connectivity index (χ0v) is 14.4. The molecule has 0 bridgehead atoms. The fourth-order valence-electron chi connectivity index (χ4n) is 3.25. The van der Waals surface area contributed by atoms with E-state index in [0.29, 0.717) is 31.2 Å². The second-order valence-electron chi connectivity index (χ2n) is 5.96. The van der Waals surface area contributed by atoms with Crippen LogP contribution in [0.1, 0.15) is 31.2 Å². The Kier molecular flexibility index (Phi) is 6.37. The van der Waals surface area contributed by atoms with Crippen molar-refractivity contribution in [1.82, 2.24) is 0 Å². The van der Waals surface area contributed by atoms with Gasteiger partial charge in [0.15, 0.2) is 17.3 Å². The lowest BCUT2D eigenvalue weighted by molar-refractivity contribution is -0.227. The van der Waals surface area contributed by atoms with Crippen LogP contribution in [0.15, 0.2) is 18.2 Å². The van der Waals surface area contributed by atoms with Gasteiger partial charge >= 0.3 is 13.2 Å². The van der Waals surface area contributed by atoms with Crippen LogP contribution in [0.5, 0.6) is 11.5 Å². The smallest absolute Gasteiger partial charge is 0.387 e. The van der Waals surface area contributed by atoms with Gasteiger partial charge in [0, 0.05) is 27.1 Å². The fraction of sp³-hybridized carbons (Fsp3) is 0.556. The molecule has 0 unspecified atom stereocenters. The predicted molar refractivity (Wildman–Crippen MR) is 85.4 cm³/mol. The average Bonchev–Trinajstić information content (AvgIpc) is 2.62. The quantitative estimate of drug-likeness (QED) is 0.403. The van der Waals surface area contributed by atoms with Crippen LogP contribution in [-0.2, 0) is 14.9 Å². The zero-order valence-electron chi connectivity index (χ0n) is 14.4. The van der Waals surface area contributed by atoms with Crippen molar-refractivity contribution in [3.05, 3.63) is 23.8 Å². The van der Waals surface area contributed by atoms with Gasteiger partial charge in [-0.3, -0.25) is 0 Å². The number of ether oxygens (including phenoxy) is 4. The first kappa shape index (κ1) is 20.3. The number of halogens is 4. The lowest BCUT2D eigenvalue weighted by atomic mass is 9.68. The maximum atomic E-state index is 12.6. The second-order valence-corrected chi connectivity index (χ2v) is 5.96. The number of rotatable bonds is 7. The van der Waals surface area contributed by atoms with Gasteiger partial charge in [-0.05, 0) is 30.5 Å². The van der Waals surface area contributed by atoms with Crippen molar-refractivity contribution in [2.75, 3.05) is 14.2 Å². The number of benzene rings is 1. The number of hydrogen-bond donors (Lipinski definition) is 0. The van der Waals surface area contributed by atoms with Gasteiger partial charge in [-0.2, -0.15) is 17.6 Å². The van der Waals surface area contributed by atoms with Crippen molar-refractivity contribution in [2.24, 2.45) is 0 Å². The predicted octanol–water partition coefficient (Wildman–Crippen LogP) is 4.32. The maximum absolute atomic E-state index is 12.6. The summed E-state index contributed by atoms with van der Waals surface area (Å²) in [6.45, 7) is -6.35. The van der Waals surface area contributed by atoms with Crippen LogP contribution in [0.4, 0.5) is 17.6 Å². The topological polar surface area (TPSA) is 36.9 Å². The molecular weight excluding hydrogens is 356 g/mol. The van der Waals surface area contributed by atoms with Crippen LogP contribution in [0.2, 0.25) is 0 Å². The zero-order chi connectivity index (χ0) is 19.4. The van der Waals surface area contributed by atoms with Crippen molar-refractivity contribution < 1.29 is 36.5 Å². The van der Waals surface area contributed by atoms with E-state index in [2.05, 4.69) is 15.4 Å². The number of terminal acetylenes is 1. The number of methoxy groups -OCH3 is 2. The molecule has 0 amide bonds. The van der Waals surface area contributed by atoms with Crippen molar-refractivity contribution in [3.8, 4) is 23.8 Å². The Balaban J connectivity index is 2.35. The van der Waals surface area contributed by atoms with E-state index in [1.54, 1.807) is 0 Å². The molecule has 0 aromatic heterocycles. The molecule has 1 aliphatic rings. The average molecular weight is 376 g/mol. The van der Waals surface area contributed by atoms with E-state index in [1.807, 2.05) is 0 Å². The van der Waals surface area contributed by atoms with Gasteiger partial charge in [0.25, 0.3) is 0 Å². The molecule has 1 saturated carbocycles. The Morgan fingerprint density at radius 1 is 0.923 bits per heavy atom. The summed E-state index contributed by atoms with van der Waals surface area (Å²) in [7, 11) is 3.08. The monoisotopic (exact) mass is 376 g/mol. The Bertz CT molecular complexity index is 643. The Morgan fingerprint density at radius 3 is 1.92 bits per heavy atom. The van der Waals surface area contributed by atoms with Crippen LogP contribution in [-0.4, -0.2) is 33.2 Å². The molecule has 4 nitrogen and oxygen atoms in total. The highest BCUT2D eigenvalue weighted by atomic mass is 19.3. The standard InChI is InChI=1S/C18H20F4O4/c1-4-17(7-9-18(23-2,24-3)10-8-17)12-5-6-13(25-15(19)20)14(11-12)26-16(21)22/h1,5-6,11,15-16H,7-10H2,2-3H3. The van der Waals surface area contributed by atoms with Crippen molar-refractivity contribution >= 4 is 0 Å². The minimum absolute atomic E-state index is 0.467. The van der Waals surface area contributed by atoms with E-state index >= 15 is 0 Å². The molecule has 2 rings (SSSR count). The Labute approximate surface area is 149 Å². The number of hydrogen-bond acceptors (Lipinski definition) is 4. The van der Waals surface area contributed by atoms with E-state index in [9.17, 15) is 17.6 Å². The minimum Gasteiger partial charge on any atom is -0.431 e. The van der Waals surface area contributed by atoms with Crippen LogP contribution in [0.25, 0.3) is 0 Å². The third kappa shape index (κ3) is 4.22. The molecule has 144 valence electrons. The molecule has 0 heterocycles. The molecule has 0 spiro atoms. The molecule has 0 N–H and O–H groups in total. The maximum Gasteiger partial charge on any atom is 0.387 e. The lowest BCUT2D eigenvalue weighted by Crippen LogP contribution is -2.43. The second kappa shape index (κ2) is 8.14. The first-order chi connectivity index (χ1) is 12.3. The van der Waals surface area contributed by atoms with Crippen LogP contribution in [0.3, 0.4) is 0 Å². The van der Waals surface area contributed by atoms with E-state index in [1.165, 1.54) is 26.4 Å². The minimum atomic E-state index is -3.19. The van der Waals surface area contributed by atoms with Crippen LogP contribution in [0, 0.1) is 12.3 Å². The van der Waals surface area contributed by atoms with Gasteiger partial charge in [-0.1, -0.05) is 12.0 Å². The van der Waals surface area contributed by atoms with Gasteiger partial charge in [0.05, 0.1) is 5.41 Å². The molecule has 0 radical (unpaired) electrons. The van der Waals surface area contributed by atoms with Gasteiger partial charge in [0.2, 0.25) is 0 Å². The van der Waals surface area contributed by atoms with Crippen LogP contribution < -0.4 is 9.47 Å². The SMILES string of the molecule is C#CC1(c2ccc(OC(F)F)c(OC(F)F)c2)CCC(OC)(OC)CC1. The number of alkyl halides is 4. The molecule has 1 fully saturated rings. The summed E-state index contributed by atoms with van der Waals surface area (Å²) in [6.07, 6.45) is 7.65. The normalized spacial score (nSPS) is 18.6. The summed E-state index contributed by atoms with van der Waals surface area (Å²) >= 11 is 0. The van der Waals surface area contributed by atoms with E-state index < -0.39 is 35.9 Å². The molecule has 1 aromatic carbocycles. The molecule has 0 saturated heterocycles. The Morgan fingerprint density at radius 2 is 1.46 bits per heavy atom. The Hall–Kier alpha value is -1.98. The highest BCUT2D eigenvalue weighted by Gasteiger charge is 2.43. The summed E-state index contributed by atoms with van der Waals surface area (Å²) in [6, 6.07) is 3.88. The first-order valence-corrected chi connectivity index (χ1v) is 7.92. The van der Waals surface area contributed by atoms with E-state index in [-0.39, 0.29) is 0 Å². The highest BCUT2D eigenvalue weighted by Crippen LogP contribution is 2.46. The van der Waals surface area contributed by atoms with Crippen LogP contribution >= 0.6 is 0 Å². The van der Waals surface area contributed by atoms with Crippen molar-refractivity contribution in [3.63, 3.8) is 0 Å². The molecule has 0 atom stereocenters. The fourth-order valence-corrected chi connectivity index (χ4v) is 3.25. The third-order valence-electron chi connectivity index (χ3n) is 4.81.